The quantitative estimate of drug-likeness (QED) is 0.541. The van der Waals surface area contributed by atoms with Gasteiger partial charge in [-0.25, -0.2) is 9.97 Å². The van der Waals surface area contributed by atoms with Gasteiger partial charge in [-0.1, -0.05) is 35.3 Å². The Kier molecular flexibility index (Phi) is 3.36. The lowest BCUT2D eigenvalue weighted by molar-refractivity contribution is 1.19. The van der Waals surface area contributed by atoms with Crippen LogP contribution in [0.2, 0.25) is 10.0 Å². The Labute approximate surface area is 142 Å². The molecule has 0 unspecified atom stereocenters. The number of fused-ring (bicyclic) bond motifs is 3. The lowest BCUT2D eigenvalue weighted by atomic mass is 10.2. The van der Waals surface area contributed by atoms with Gasteiger partial charge in [-0.2, -0.15) is 0 Å². The molecule has 0 saturated heterocycles. The summed E-state index contributed by atoms with van der Waals surface area (Å²) in [4.78, 5) is 8.94. The first-order valence-corrected chi connectivity index (χ1v) is 7.82. The van der Waals surface area contributed by atoms with E-state index in [0.29, 0.717) is 15.9 Å². The van der Waals surface area contributed by atoms with Crippen molar-refractivity contribution in [2.75, 3.05) is 5.32 Å². The van der Waals surface area contributed by atoms with Crippen LogP contribution in [0, 0.1) is 6.92 Å². The van der Waals surface area contributed by atoms with E-state index < -0.39 is 0 Å². The van der Waals surface area contributed by atoms with Crippen molar-refractivity contribution in [3.63, 3.8) is 0 Å². The lowest BCUT2D eigenvalue weighted by Crippen LogP contribution is -2.01. The number of hydrogen-bond acceptors (Lipinski definition) is 3. The molecular formula is C17H12Cl2N4. The number of rotatable bonds is 2. The van der Waals surface area contributed by atoms with Crippen molar-refractivity contribution in [2.24, 2.45) is 0 Å². The van der Waals surface area contributed by atoms with Gasteiger partial charge in [0.15, 0.2) is 5.82 Å². The van der Waals surface area contributed by atoms with E-state index in [4.69, 9.17) is 28.2 Å². The van der Waals surface area contributed by atoms with Crippen molar-refractivity contribution >= 4 is 51.3 Å². The molecule has 0 aliphatic rings. The summed E-state index contributed by atoms with van der Waals surface area (Å²) in [6.45, 7) is 2.00. The molecule has 4 aromatic rings. The third kappa shape index (κ3) is 2.40. The Morgan fingerprint density at radius 1 is 1.09 bits per heavy atom. The molecule has 0 bridgehead atoms. The second kappa shape index (κ2) is 5.41. The van der Waals surface area contributed by atoms with Crippen LogP contribution in [-0.4, -0.2) is 14.4 Å². The lowest BCUT2D eigenvalue weighted by Gasteiger charge is -2.13. The molecular weight excluding hydrogens is 331 g/mol. The minimum atomic E-state index is 0.643. The Bertz CT molecular complexity index is 1020. The minimum Gasteiger partial charge on any atom is -0.337 e. The zero-order chi connectivity index (χ0) is 16.0. The first-order valence-electron chi connectivity index (χ1n) is 7.07. The van der Waals surface area contributed by atoms with Gasteiger partial charge in [0, 0.05) is 5.02 Å². The van der Waals surface area contributed by atoms with Crippen LogP contribution in [-0.2, 0) is 0 Å². The summed E-state index contributed by atoms with van der Waals surface area (Å²) in [5, 5.41) is 4.63. The normalized spacial score (nSPS) is 11.3. The van der Waals surface area contributed by atoms with E-state index in [0.717, 1.165) is 27.8 Å². The molecule has 2 aromatic heterocycles. The molecule has 23 heavy (non-hydrogen) atoms. The summed E-state index contributed by atoms with van der Waals surface area (Å²) in [5.41, 5.74) is 4.49. The van der Waals surface area contributed by atoms with Crippen molar-refractivity contribution in [1.29, 1.82) is 0 Å². The molecule has 0 atom stereocenters. The van der Waals surface area contributed by atoms with Gasteiger partial charge < -0.3 is 5.32 Å². The van der Waals surface area contributed by atoms with Crippen LogP contribution in [0.5, 0.6) is 0 Å². The van der Waals surface area contributed by atoms with E-state index in [1.165, 1.54) is 0 Å². The highest BCUT2D eigenvalue weighted by atomic mass is 35.5. The molecule has 0 fully saturated rings. The summed E-state index contributed by atoms with van der Waals surface area (Å²) in [6.07, 6.45) is 3.54. The molecule has 2 aromatic carbocycles. The second-order valence-corrected chi connectivity index (χ2v) is 6.14. The molecule has 1 N–H and O–H groups in total. The SMILES string of the molecule is Cc1cccc(Cl)c1Nc1nc2cc(Cl)ccc2n2cncc12. The summed E-state index contributed by atoms with van der Waals surface area (Å²) in [7, 11) is 0. The van der Waals surface area contributed by atoms with E-state index in [-0.39, 0.29) is 0 Å². The van der Waals surface area contributed by atoms with Crippen LogP contribution in [0.3, 0.4) is 0 Å². The molecule has 4 nitrogen and oxygen atoms in total. The fourth-order valence-electron chi connectivity index (χ4n) is 2.63. The average molecular weight is 343 g/mol. The summed E-state index contributed by atoms with van der Waals surface area (Å²) in [5.74, 6) is 0.688. The van der Waals surface area contributed by atoms with Gasteiger partial charge in [-0.15, -0.1) is 0 Å². The second-order valence-electron chi connectivity index (χ2n) is 5.30. The Morgan fingerprint density at radius 3 is 2.78 bits per heavy atom. The fourth-order valence-corrected chi connectivity index (χ4v) is 3.07. The molecule has 0 amide bonds. The fraction of sp³-hybridized carbons (Fsp3) is 0.0588. The number of imidazole rings is 1. The number of aromatic nitrogens is 3. The smallest absolute Gasteiger partial charge is 0.157 e. The van der Waals surface area contributed by atoms with Gasteiger partial charge in [0.25, 0.3) is 0 Å². The summed E-state index contributed by atoms with van der Waals surface area (Å²) >= 11 is 12.4. The van der Waals surface area contributed by atoms with E-state index in [1.54, 1.807) is 12.5 Å². The van der Waals surface area contributed by atoms with Crippen molar-refractivity contribution in [1.82, 2.24) is 14.4 Å². The molecule has 0 saturated carbocycles. The molecule has 0 radical (unpaired) electrons. The molecule has 6 heteroatoms. The zero-order valence-electron chi connectivity index (χ0n) is 12.2. The van der Waals surface area contributed by atoms with E-state index in [1.807, 2.05) is 47.7 Å². The van der Waals surface area contributed by atoms with Gasteiger partial charge in [-0.3, -0.25) is 4.40 Å². The number of nitrogens with zero attached hydrogens (tertiary/aromatic N) is 3. The molecule has 2 heterocycles. The monoisotopic (exact) mass is 342 g/mol. The Morgan fingerprint density at radius 2 is 1.96 bits per heavy atom. The van der Waals surface area contributed by atoms with Crippen LogP contribution < -0.4 is 5.32 Å². The maximum atomic E-state index is 6.31. The molecule has 4 rings (SSSR count). The highest BCUT2D eigenvalue weighted by Crippen LogP contribution is 2.31. The third-order valence-electron chi connectivity index (χ3n) is 3.78. The maximum Gasteiger partial charge on any atom is 0.157 e. The minimum absolute atomic E-state index is 0.643. The Balaban J connectivity index is 1.96. The van der Waals surface area contributed by atoms with E-state index in [2.05, 4.69) is 10.3 Å². The van der Waals surface area contributed by atoms with Crippen molar-refractivity contribution in [3.8, 4) is 0 Å². The highest BCUT2D eigenvalue weighted by molar-refractivity contribution is 6.33. The van der Waals surface area contributed by atoms with Gasteiger partial charge in [-0.05, 0) is 36.8 Å². The van der Waals surface area contributed by atoms with Gasteiger partial charge in [0.05, 0.1) is 34.3 Å². The standard InChI is InChI=1S/C17H12Cl2N4/c1-10-3-2-4-12(19)16(10)22-17-15-8-20-9-23(15)14-6-5-11(18)7-13(14)21-17/h2-9H,1H3,(H,21,22). The van der Waals surface area contributed by atoms with Crippen molar-refractivity contribution in [2.45, 2.75) is 6.92 Å². The largest absolute Gasteiger partial charge is 0.337 e. The third-order valence-corrected chi connectivity index (χ3v) is 4.33. The number of benzene rings is 2. The van der Waals surface area contributed by atoms with E-state index >= 15 is 0 Å². The van der Waals surface area contributed by atoms with Crippen LogP contribution >= 0.6 is 23.2 Å². The van der Waals surface area contributed by atoms with Crippen molar-refractivity contribution in [3.05, 3.63) is 64.5 Å². The molecule has 0 aliphatic heterocycles. The van der Waals surface area contributed by atoms with Crippen LogP contribution in [0.15, 0.2) is 48.9 Å². The van der Waals surface area contributed by atoms with Crippen LogP contribution in [0.25, 0.3) is 16.6 Å². The van der Waals surface area contributed by atoms with Crippen molar-refractivity contribution < 1.29 is 0 Å². The first kappa shape index (κ1) is 14.3. The van der Waals surface area contributed by atoms with Crippen LogP contribution in [0.4, 0.5) is 11.5 Å². The maximum absolute atomic E-state index is 6.31. The number of para-hydroxylation sites is 1. The predicted octanol–water partition coefficient (Wildman–Crippen LogP) is 5.24. The van der Waals surface area contributed by atoms with E-state index in [9.17, 15) is 0 Å². The molecule has 0 spiro atoms. The predicted molar refractivity (Wildman–Crippen MR) is 95.0 cm³/mol. The summed E-state index contributed by atoms with van der Waals surface area (Å²) in [6, 6.07) is 11.4. The number of halogens is 2. The van der Waals surface area contributed by atoms with Crippen LogP contribution in [0.1, 0.15) is 5.56 Å². The van der Waals surface area contributed by atoms with Gasteiger partial charge in [0.2, 0.25) is 0 Å². The van der Waals surface area contributed by atoms with Gasteiger partial charge >= 0.3 is 0 Å². The first-order chi connectivity index (χ1) is 11.1. The number of aryl methyl sites for hydroxylation is 1. The number of nitrogens with one attached hydrogen (secondary N) is 1. The number of hydrogen-bond donors (Lipinski definition) is 1. The highest BCUT2D eigenvalue weighted by Gasteiger charge is 2.12. The zero-order valence-corrected chi connectivity index (χ0v) is 13.7. The average Bonchev–Trinajstić information content (AvgIpc) is 3.00. The molecule has 0 aliphatic carbocycles. The summed E-state index contributed by atoms with van der Waals surface area (Å²) < 4.78 is 1.98. The van der Waals surface area contributed by atoms with Gasteiger partial charge in [0.1, 0.15) is 5.52 Å². The molecule has 114 valence electrons. The number of anilines is 2. The Hall–Kier alpha value is -2.30. The topological polar surface area (TPSA) is 42.2 Å².